The van der Waals surface area contributed by atoms with E-state index in [-0.39, 0.29) is 16.9 Å². The van der Waals surface area contributed by atoms with Crippen molar-refractivity contribution in [2.24, 2.45) is 0 Å². The molecule has 0 bridgehead atoms. The third-order valence-corrected chi connectivity index (χ3v) is 1.62. The van der Waals surface area contributed by atoms with Gasteiger partial charge >= 0.3 is 0 Å². The van der Waals surface area contributed by atoms with Crippen LogP contribution in [0.25, 0.3) is 0 Å². The highest BCUT2D eigenvalue weighted by molar-refractivity contribution is 7.51. The van der Waals surface area contributed by atoms with Crippen molar-refractivity contribution in [2.45, 2.75) is 0 Å². The number of hydrogen-bond donors (Lipinski definition) is 0. The van der Waals surface area contributed by atoms with Crippen LogP contribution in [0, 0.1) is 0 Å². The van der Waals surface area contributed by atoms with E-state index < -0.39 is 0 Å². The molecule has 0 aliphatic heterocycles. The van der Waals surface area contributed by atoms with Gasteiger partial charge in [-0.2, -0.15) is 0 Å². The van der Waals surface area contributed by atoms with Crippen LogP contribution in [0.2, 0.25) is 0 Å². The van der Waals surface area contributed by atoms with Crippen molar-refractivity contribution < 1.29 is 9.13 Å². The van der Waals surface area contributed by atoms with Gasteiger partial charge in [-0.05, 0) is 6.08 Å². The molecule has 0 N–H and O–H groups in total. The molecule has 0 aliphatic carbocycles. The van der Waals surface area contributed by atoms with E-state index in [0.29, 0.717) is 5.06 Å². The Morgan fingerprint density at radius 3 is 2.00 bits per heavy atom. The fraction of sp³-hybridized carbons (Fsp3) is 0. The number of hydrogen-bond acceptors (Lipinski definition) is 2. The molecular weight excluding hydrogens is 142 g/mol. The molecule has 0 saturated heterocycles. The summed E-state index contributed by atoms with van der Waals surface area (Å²) in [7, 11) is -0.420. The number of allylic oxidation sites excluding steroid dienone is 2. The van der Waals surface area contributed by atoms with Gasteiger partial charge in [0, 0.05) is 0 Å². The van der Waals surface area contributed by atoms with E-state index in [1.54, 1.807) is 0 Å². The summed E-state index contributed by atoms with van der Waals surface area (Å²) in [4.78, 5) is 0. The first-order valence-corrected chi connectivity index (χ1v) is 3.47. The molecule has 8 heavy (non-hydrogen) atoms. The lowest BCUT2D eigenvalue weighted by atomic mass is 10.6. The summed E-state index contributed by atoms with van der Waals surface area (Å²) in [5.74, 6) is 0. The third kappa shape index (κ3) is 2.79. The third-order valence-electron chi connectivity index (χ3n) is 0.454. The van der Waals surface area contributed by atoms with Crippen LogP contribution in [-0.2, 0) is 9.13 Å². The monoisotopic (exact) mass is 146 g/mol. The van der Waals surface area contributed by atoms with Crippen LogP contribution in [0.5, 0.6) is 0 Å². The lowest BCUT2D eigenvalue weighted by Gasteiger charge is -1.71. The highest BCUT2D eigenvalue weighted by atomic mass is 31.1. The van der Waals surface area contributed by atoms with Gasteiger partial charge < -0.3 is 0 Å². The second kappa shape index (κ2) is 4.83. The Labute approximate surface area is 50.7 Å². The van der Waals surface area contributed by atoms with Crippen LogP contribution in [0.4, 0.5) is 0 Å². The molecule has 0 rings (SSSR count). The standard InChI is InChI=1S/C4H4O2P2/c1-2-3-4(7-5)8-6/h2-3H,1H2. The molecule has 0 radical (unpaired) electrons. The van der Waals surface area contributed by atoms with E-state index in [1.807, 2.05) is 0 Å². The molecule has 0 aromatic rings. The predicted molar refractivity (Wildman–Crippen MR) is 33.5 cm³/mol. The maximum atomic E-state index is 9.90. The molecule has 4 heteroatoms. The van der Waals surface area contributed by atoms with Gasteiger partial charge in [0.2, 0.25) is 16.9 Å². The molecule has 0 fully saturated rings. The van der Waals surface area contributed by atoms with E-state index in [2.05, 4.69) is 6.58 Å². The minimum absolute atomic E-state index is 0.210. The molecule has 42 valence electrons. The topological polar surface area (TPSA) is 34.1 Å². The first kappa shape index (κ1) is 7.68. The Morgan fingerprint density at radius 1 is 1.38 bits per heavy atom. The van der Waals surface area contributed by atoms with E-state index in [0.717, 1.165) is 0 Å². The average Bonchev–Trinajstić information content (AvgIpc) is 1.83. The SMILES string of the molecule is C=CC=C(P=O)P=O. The molecule has 0 saturated carbocycles. The summed E-state index contributed by atoms with van der Waals surface area (Å²) in [5, 5.41) is 0.306. The van der Waals surface area contributed by atoms with E-state index in [9.17, 15) is 9.13 Å². The lowest BCUT2D eigenvalue weighted by Crippen LogP contribution is -1.46. The Hall–Kier alpha value is -0.320. The molecule has 2 nitrogen and oxygen atoms in total. The summed E-state index contributed by atoms with van der Waals surface area (Å²) in [5.41, 5.74) is 0. The van der Waals surface area contributed by atoms with Crippen LogP contribution >= 0.6 is 16.9 Å². The van der Waals surface area contributed by atoms with Crippen molar-refractivity contribution in [3.05, 3.63) is 23.8 Å². The second-order valence-corrected chi connectivity index (χ2v) is 2.62. The first-order chi connectivity index (χ1) is 3.85. The van der Waals surface area contributed by atoms with Gasteiger partial charge in [0.1, 0.15) is 5.06 Å². The fourth-order valence-electron chi connectivity index (χ4n) is 0.183. The summed E-state index contributed by atoms with van der Waals surface area (Å²) < 4.78 is 19.8. The smallest absolute Gasteiger partial charge is 0.200 e. The summed E-state index contributed by atoms with van der Waals surface area (Å²) in [6.45, 7) is 3.33. The predicted octanol–water partition coefficient (Wildman–Crippen LogP) is 2.60. The van der Waals surface area contributed by atoms with Gasteiger partial charge in [-0.15, -0.1) is 0 Å². The van der Waals surface area contributed by atoms with Crippen molar-refractivity contribution in [1.29, 1.82) is 0 Å². The van der Waals surface area contributed by atoms with E-state index >= 15 is 0 Å². The maximum Gasteiger partial charge on any atom is 0.200 e. The molecule has 0 aliphatic rings. The van der Waals surface area contributed by atoms with Gasteiger partial charge in [-0.25, -0.2) is 0 Å². The summed E-state index contributed by atoms with van der Waals surface area (Å²) in [6, 6.07) is 0. The van der Waals surface area contributed by atoms with Gasteiger partial charge in [0.25, 0.3) is 0 Å². The highest BCUT2D eigenvalue weighted by Crippen LogP contribution is 2.23. The van der Waals surface area contributed by atoms with Crippen LogP contribution in [0.1, 0.15) is 0 Å². The minimum Gasteiger partial charge on any atom is -0.269 e. The van der Waals surface area contributed by atoms with Crippen LogP contribution in [0.3, 0.4) is 0 Å². The molecule has 0 amide bonds. The molecule has 0 atom stereocenters. The van der Waals surface area contributed by atoms with E-state index in [1.165, 1.54) is 12.2 Å². The Morgan fingerprint density at radius 2 is 1.88 bits per heavy atom. The van der Waals surface area contributed by atoms with Crippen molar-refractivity contribution in [3.8, 4) is 0 Å². The quantitative estimate of drug-likeness (QED) is 0.452. The van der Waals surface area contributed by atoms with Crippen LogP contribution < -0.4 is 0 Å². The highest BCUT2D eigenvalue weighted by Gasteiger charge is 1.88. The molecule has 0 aromatic heterocycles. The second-order valence-electron chi connectivity index (χ2n) is 0.943. The average molecular weight is 146 g/mol. The van der Waals surface area contributed by atoms with Crippen molar-refractivity contribution in [2.75, 3.05) is 0 Å². The molecular formula is C4H4O2P2. The van der Waals surface area contributed by atoms with Crippen molar-refractivity contribution >= 4 is 16.9 Å². The Bertz CT molecular complexity index is 129. The number of rotatable bonds is 3. The molecule has 0 aromatic carbocycles. The fourth-order valence-corrected chi connectivity index (χ4v) is 0.649. The Kier molecular flexibility index (Phi) is 4.64. The lowest BCUT2D eigenvalue weighted by molar-refractivity contribution is 0.598. The van der Waals surface area contributed by atoms with Gasteiger partial charge in [0.05, 0.1) is 0 Å². The van der Waals surface area contributed by atoms with Gasteiger partial charge in [0.15, 0.2) is 0 Å². The molecule has 0 spiro atoms. The zero-order chi connectivity index (χ0) is 6.41. The summed E-state index contributed by atoms with van der Waals surface area (Å²) >= 11 is 0. The van der Waals surface area contributed by atoms with Gasteiger partial charge in [-0.3, -0.25) is 9.13 Å². The van der Waals surface area contributed by atoms with Crippen molar-refractivity contribution in [1.82, 2.24) is 0 Å². The van der Waals surface area contributed by atoms with Crippen LogP contribution in [-0.4, -0.2) is 0 Å². The molecule has 0 heterocycles. The zero-order valence-electron chi connectivity index (χ0n) is 4.07. The van der Waals surface area contributed by atoms with E-state index in [4.69, 9.17) is 0 Å². The minimum atomic E-state index is -0.210. The van der Waals surface area contributed by atoms with Gasteiger partial charge in [-0.1, -0.05) is 12.7 Å². The maximum absolute atomic E-state index is 9.90. The normalized spacial score (nSPS) is 9.00. The largest absolute Gasteiger partial charge is 0.269 e. The Balaban J connectivity index is 4.05. The van der Waals surface area contributed by atoms with Crippen LogP contribution in [0.15, 0.2) is 23.8 Å². The van der Waals surface area contributed by atoms with Crippen molar-refractivity contribution in [3.63, 3.8) is 0 Å². The molecule has 0 unspecified atom stereocenters. The first-order valence-electron chi connectivity index (χ1n) is 1.84. The summed E-state index contributed by atoms with van der Waals surface area (Å²) in [6.07, 6.45) is 2.87. The zero-order valence-corrected chi connectivity index (χ0v) is 5.86.